The number of urea groups is 1. The maximum absolute atomic E-state index is 13.4. The monoisotopic (exact) mass is 407 g/mol. The summed E-state index contributed by atoms with van der Waals surface area (Å²) < 4.78 is 0. The number of rotatable bonds is 5. The molecule has 0 bridgehead atoms. The van der Waals surface area contributed by atoms with Gasteiger partial charge in [-0.1, -0.05) is 37.3 Å². The quantitative estimate of drug-likeness (QED) is 0.710. The number of piperidine rings is 1. The molecule has 0 atom stereocenters. The Morgan fingerprint density at radius 2 is 1.73 bits per heavy atom. The highest BCUT2D eigenvalue weighted by Crippen LogP contribution is 2.38. The maximum Gasteiger partial charge on any atom is 0.327 e. The first kappa shape index (κ1) is 20.0. The molecule has 156 valence electrons. The second-order valence-corrected chi connectivity index (χ2v) is 7.76. The van der Waals surface area contributed by atoms with E-state index in [1.807, 2.05) is 37.3 Å². The lowest BCUT2D eigenvalue weighted by molar-refractivity contribution is -0.135. The largest absolute Gasteiger partial charge is 0.338 e. The molecule has 1 spiro atoms. The zero-order chi connectivity index (χ0) is 21.1. The molecule has 4 rings (SSSR count). The molecule has 2 aliphatic rings. The van der Waals surface area contributed by atoms with Crippen LogP contribution in [0.25, 0.3) is 0 Å². The normalized spacial score (nSPS) is 18.4. The summed E-state index contributed by atoms with van der Waals surface area (Å²) in [7, 11) is 0. The fourth-order valence-electron chi connectivity index (χ4n) is 4.34. The summed E-state index contributed by atoms with van der Waals surface area (Å²) in [6.07, 6.45) is 5.93. The smallest absolute Gasteiger partial charge is 0.327 e. The minimum atomic E-state index is -0.897. The SMILES string of the molecule is CCCN1C(=O)N(Cc2ccccc2)C2(CCN(C(=O)c3cncnc3)CC2)C1=O. The lowest BCUT2D eigenvalue weighted by Crippen LogP contribution is -2.57. The van der Waals surface area contributed by atoms with E-state index in [1.54, 1.807) is 9.80 Å². The molecular formula is C22H25N5O3. The molecule has 0 unspecified atom stereocenters. The first-order valence-electron chi connectivity index (χ1n) is 10.3. The molecule has 3 heterocycles. The van der Waals surface area contributed by atoms with Gasteiger partial charge in [0.2, 0.25) is 0 Å². The Morgan fingerprint density at radius 1 is 1.07 bits per heavy atom. The van der Waals surface area contributed by atoms with Crippen LogP contribution in [0.3, 0.4) is 0 Å². The fraction of sp³-hybridized carbons (Fsp3) is 0.409. The van der Waals surface area contributed by atoms with E-state index in [1.165, 1.54) is 23.6 Å². The van der Waals surface area contributed by atoms with Crippen LogP contribution in [-0.4, -0.2) is 67.7 Å². The Kier molecular flexibility index (Phi) is 5.48. The molecule has 2 aromatic rings. The third kappa shape index (κ3) is 3.42. The molecule has 1 aromatic heterocycles. The van der Waals surface area contributed by atoms with Crippen molar-refractivity contribution in [2.45, 2.75) is 38.3 Å². The van der Waals surface area contributed by atoms with E-state index < -0.39 is 5.54 Å². The standard InChI is InChI=1S/C22H25N5O3/c1-2-10-26-20(29)22(27(21(26)30)15-17-6-4-3-5-7-17)8-11-25(12-9-22)19(28)18-13-23-16-24-14-18/h3-7,13-14,16H,2,8-12,15H2,1H3. The van der Waals surface area contributed by atoms with Gasteiger partial charge in [0, 0.05) is 38.6 Å². The van der Waals surface area contributed by atoms with Gasteiger partial charge >= 0.3 is 6.03 Å². The third-order valence-electron chi connectivity index (χ3n) is 5.94. The number of amides is 4. The van der Waals surface area contributed by atoms with E-state index in [4.69, 9.17) is 0 Å². The fourth-order valence-corrected chi connectivity index (χ4v) is 4.34. The summed E-state index contributed by atoms with van der Waals surface area (Å²) in [5.74, 6) is -0.289. The Balaban J connectivity index is 1.57. The van der Waals surface area contributed by atoms with Gasteiger partial charge in [-0.15, -0.1) is 0 Å². The molecular weight excluding hydrogens is 382 g/mol. The van der Waals surface area contributed by atoms with Crippen LogP contribution in [0, 0.1) is 0 Å². The van der Waals surface area contributed by atoms with Crippen molar-refractivity contribution in [3.63, 3.8) is 0 Å². The van der Waals surface area contributed by atoms with Crippen LogP contribution in [0.1, 0.15) is 42.1 Å². The van der Waals surface area contributed by atoms with Crippen LogP contribution >= 0.6 is 0 Å². The molecule has 4 amide bonds. The van der Waals surface area contributed by atoms with Gasteiger partial charge < -0.3 is 9.80 Å². The van der Waals surface area contributed by atoms with Gasteiger partial charge in [0.05, 0.1) is 5.56 Å². The zero-order valence-electron chi connectivity index (χ0n) is 17.0. The molecule has 8 nitrogen and oxygen atoms in total. The summed E-state index contributed by atoms with van der Waals surface area (Å²) in [5.41, 5.74) is 0.513. The summed E-state index contributed by atoms with van der Waals surface area (Å²) >= 11 is 0. The number of nitrogens with zero attached hydrogens (tertiary/aromatic N) is 5. The highest BCUT2D eigenvalue weighted by molar-refractivity contribution is 6.07. The molecule has 0 saturated carbocycles. The number of aromatic nitrogens is 2. The van der Waals surface area contributed by atoms with Crippen LogP contribution in [0.2, 0.25) is 0 Å². The van der Waals surface area contributed by atoms with Gasteiger partial charge in [-0.2, -0.15) is 0 Å². The van der Waals surface area contributed by atoms with Crippen molar-refractivity contribution in [3.8, 4) is 0 Å². The Morgan fingerprint density at radius 3 is 2.37 bits per heavy atom. The van der Waals surface area contributed by atoms with Gasteiger partial charge in [-0.3, -0.25) is 14.5 Å². The van der Waals surface area contributed by atoms with Crippen molar-refractivity contribution in [1.82, 2.24) is 24.7 Å². The van der Waals surface area contributed by atoms with Crippen molar-refractivity contribution in [2.75, 3.05) is 19.6 Å². The number of imide groups is 1. The molecule has 0 aliphatic carbocycles. The predicted molar refractivity (Wildman–Crippen MR) is 109 cm³/mol. The van der Waals surface area contributed by atoms with E-state index in [0.717, 1.165) is 5.56 Å². The van der Waals surface area contributed by atoms with Crippen molar-refractivity contribution in [3.05, 3.63) is 60.2 Å². The zero-order valence-corrected chi connectivity index (χ0v) is 17.0. The van der Waals surface area contributed by atoms with E-state index in [2.05, 4.69) is 9.97 Å². The van der Waals surface area contributed by atoms with Gasteiger partial charge in [-0.25, -0.2) is 14.8 Å². The van der Waals surface area contributed by atoms with Gasteiger partial charge in [0.1, 0.15) is 11.9 Å². The number of hydrogen-bond donors (Lipinski definition) is 0. The van der Waals surface area contributed by atoms with Crippen molar-refractivity contribution < 1.29 is 14.4 Å². The lowest BCUT2D eigenvalue weighted by atomic mass is 9.85. The van der Waals surface area contributed by atoms with E-state index in [-0.39, 0.29) is 17.8 Å². The molecule has 0 N–H and O–H groups in total. The molecule has 2 saturated heterocycles. The Bertz CT molecular complexity index is 926. The third-order valence-corrected chi connectivity index (χ3v) is 5.94. The first-order valence-corrected chi connectivity index (χ1v) is 10.3. The number of likely N-dealkylation sites (tertiary alicyclic amines) is 1. The average molecular weight is 407 g/mol. The number of carbonyl (C=O) groups is 3. The van der Waals surface area contributed by atoms with Crippen LogP contribution < -0.4 is 0 Å². The summed E-state index contributed by atoms with van der Waals surface area (Å²) in [4.78, 5) is 51.9. The topological polar surface area (TPSA) is 86.7 Å². The van der Waals surface area contributed by atoms with Crippen LogP contribution in [0.5, 0.6) is 0 Å². The molecule has 8 heteroatoms. The van der Waals surface area contributed by atoms with Crippen molar-refractivity contribution in [1.29, 1.82) is 0 Å². The maximum atomic E-state index is 13.4. The number of carbonyl (C=O) groups excluding carboxylic acids is 3. The van der Waals surface area contributed by atoms with Crippen LogP contribution in [0.15, 0.2) is 49.1 Å². The first-order chi connectivity index (χ1) is 14.6. The van der Waals surface area contributed by atoms with E-state index >= 15 is 0 Å². The average Bonchev–Trinajstić information content (AvgIpc) is 2.97. The minimum absolute atomic E-state index is 0.138. The number of hydrogen-bond acceptors (Lipinski definition) is 5. The molecule has 2 fully saturated rings. The van der Waals surface area contributed by atoms with E-state index in [0.29, 0.717) is 51.0 Å². The van der Waals surface area contributed by atoms with Gasteiger partial charge in [0.15, 0.2) is 0 Å². The molecule has 0 radical (unpaired) electrons. The highest BCUT2D eigenvalue weighted by atomic mass is 16.2. The number of benzene rings is 1. The van der Waals surface area contributed by atoms with Gasteiger partial charge in [0.25, 0.3) is 11.8 Å². The van der Waals surface area contributed by atoms with Crippen LogP contribution in [-0.2, 0) is 11.3 Å². The van der Waals surface area contributed by atoms with Crippen molar-refractivity contribution in [2.24, 2.45) is 0 Å². The predicted octanol–water partition coefficient (Wildman–Crippen LogP) is 2.33. The Labute approximate surface area is 175 Å². The summed E-state index contributed by atoms with van der Waals surface area (Å²) in [5, 5.41) is 0. The summed E-state index contributed by atoms with van der Waals surface area (Å²) in [6.45, 7) is 3.55. The van der Waals surface area contributed by atoms with E-state index in [9.17, 15) is 14.4 Å². The summed E-state index contributed by atoms with van der Waals surface area (Å²) in [6, 6.07) is 9.47. The minimum Gasteiger partial charge on any atom is -0.338 e. The second kappa shape index (κ2) is 8.22. The molecule has 1 aromatic carbocycles. The highest BCUT2D eigenvalue weighted by Gasteiger charge is 2.57. The second-order valence-electron chi connectivity index (χ2n) is 7.76. The Hall–Kier alpha value is -3.29. The molecule has 2 aliphatic heterocycles. The lowest BCUT2D eigenvalue weighted by Gasteiger charge is -2.42. The van der Waals surface area contributed by atoms with Gasteiger partial charge in [-0.05, 0) is 24.8 Å². The van der Waals surface area contributed by atoms with Crippen molar-refractivity contribution >= 4 is 17.8 Å². The van der Waals surface area contributed by atoms with Crippen LogP contribution in [0.4, 0.5) is 4.79 Å². The molecule has 30 heavy (non-hydrogen) atoms.